The number of amides is 1. The van der Waals surface area contributed by atoms with E-state index in [0.29, 0.717) is 22.4 Å². The van der Waals surface area contributed by atoms with Crippen molar-refractivity contribution in [2.75, 3.05) is 5.73 Å². The smallest absolute Gasteiger partial charge is 0.425 e. The molecule has 0 aliphatic heterocycles. The van der Waals surface area contributed by atoms with Gasteiger partial charge in [0.05, 0.1) is 23.1 Å². The third-order valence-electron chi connectivity index (χ3n) is 5.43. The van der Waals surface area contributed by atoms with Gasteiger partial charge in [-0.1, -0.05) is 49.2 Å². The average molecular weight is 464 g/mol. The molecular formula is C22H29N3O6S. The van der Waals surface area contributed by atoms with Gasteiger partial charge < -0.3 is 15.9 Å². The highest BCUT2D eigenvalue weighted by molar-refractivity contribution is 7.89. The first-order valence-electron chi connectivity index (χ1n) is 10.5. The topological polar surface area (TPSA) is 133 Å². The predicted octanol–water partition coefficient (Wildman–Crippen LogP) is 3.02. The molecule has 0 aromatic heterocycles. The van der Waals surface area contributed by atoms with E-state index in [0.717, 1.165) is 18.4 Å². The molecule has 1 amide bonds. The summed E-state index contributed by atoms with van der Waals surface area (Å²) in [7, 11) is -4.46. The Kier molecular flexibility index (Phi) is 7.73. The lowest BCUT2D eigenvalue weighted by Gasteiger charge is -2.38. The molecule has 1 aliphatic carbocycles. The lowest BCUT2D eigenvalue weighted by molar-refractivity contribution is -0.244. The summed E-state index contributed by atoms with van der Waals surface area (Å²) in [6.45, 7) is 1.42. The Morgan fingerprint density at radius 1 is 1.16 bits per heavy atom. The molecule has 0 saturated heterocycles. The van der Waals surface area contributed by atoms with E-state index in [1.165, 1.54) is 31.2 Å². The van der Waals surface area contributed by atoms with Gasteiger partial charge in [-0.15, -0.1) is 0 Å². The molecule has 2 atom stereocenters. The van der Waals surface area contributed by atoms with Gasteiger partial charge >= 0.3 is 6.09 Å². The Bertz CT molecular complexity index is 1010. The van der Waals surface area contributed by atoms with E-state index in [-0.39, 0.29) is 17.0 Å². The number of carboxylic acid groups (broad SMARTS) is 1. The SMILES string of the molecule is CC(O)C(Cc1ccccc1)N(C(=O)O)N(OC1CCCC1)S(=O)(=O)c1cccc(N)c1. The Morgan fingerprint density at radius 2 is 1.81 bits per heavy atom. The van der Waals surface area contributed by atoms with Gasteiger partial charge in [0, 0.05) is 10.3 Å². The van der Waals surface area contributed by atoms with Crippen molar-refractivity contribution in [1.29, 1.82) is 0 Å². The highest BCUT2D eigenvalue weighted by Gasteiger charge is 2.42. The zero-order chi connectivity index (χ0) is 23.3. The summed E-state index contributed by atoms with van der Waals surface area (Å²) < 4.78 is 27.5. The van der Waals surface area contributed by atoms with Gasteiger partial charge in [-0.05, 0) is 49.9 Å². The summed E-state index contributed by atoms with van der Waals surface area (Å²) in [5.74, 6) is 0. The molecule has 1 saturated carbocycles. The number of carbonyl (C=O) groups is 1. The van der Waals surface area contributed by atoms with Crippen molar-refractivity contribution in [3.8, 4) is 0 Å². The van der Waals surface area contributed by atoms with Crippen LogP contribution in [0.25, 0.3) is 0 Å². The van der Waals surface area contributed by atoms with Crippen LogP contribution in [0.2, 0.25) is 0 Å². The molecule has 0 radical (unpaired) electrons. The number of hydrogen-bond donors (Lipinski definition) is 3. The van der Waals surface area contributed by atoms with Crippen LogP contribution in [0.5, 0.6) is 0 Å². The summed E-state index contributed by atoms with van der Waals surface area (Å²) in [4.78, 5) is 18.0. The number of hydrazine groups is 1. The van der Waals surface area contributed by atoms with Crippen molar-refractivity contribution >= 4 is 21.8 Å². The normalized spacial score (nSPS) is 16.7. The zero-order valence-electron chi connectivity index (χ0n) is 17.9. The average Bonchev–Trinajstić information content (AvgIpc) is 3.26. The van der Waals surface area contributed by atoms with Crippen LogP contribution in [0.15, 0.2) is 59.5 Å². The molecule has 0 spiro atoms. The summed E-state index contributed by atoms with van der Waals surface area (Å²) in [6.07, 6.45) is -0.194. The van der Waals surface area contributed by atoms with Gasteiger partial charge in [0.25, 0.3) is 10.0 Å². The fourth-order valence-electron chi connectivity index (χ4n) is 3.76. The number of aliphatic hydroxyl groups is 1. The van der Waals surface area contributed by atoms with E-state index < -0.39 is 34.4 Å². The van der Waals surface area contributed by atoms with Crippen LogP contribution in [0, 0.1) is 0 Å². The van der Waals surface area contributed by atoms with Gasteiger partial charge in [0.2, 0.25) is 0 Å². The molecule has 32 heavy (non-hydrogen) atoms. The molecule has 1 fully saturated rings. The molecule has 1 aliphatic rings. The molecule has 0 heterocycles. The van der Waals surface area contributed by atoms with E-state index in [2.05, 4.69) is 0 Å². The molecule has 10 heteroatoms. The second-order valence-electron chi connectivity index (χ2n) is 7.92. The van der Waals surface area contributed by atoms with Gasteiger partial charge in [-0.25, -0.2) is 13.2 Å². The lowest BCUT2D eigenvalue weighted by Crippen LogP contribution is -2.58. The maximum Gasteiger partial charge on any atom is 0.425 e. The van der Waals surface area contributed by atoms with Crippen molar-refractivity contribution in [2.45, 2.75) is 62.2 Å². The van der Waals surface area contributed by atoms with Gasteiger partial charge in [0.15, 0.2) is 0 Å². The standard InChI is InChI=1S/C22H29N3O6S/c1-16(26)21(14-17-8-3-2-4-9-17)24(22(27)28)25(31-19-11-5-6-12-19)32(29,30)20-13-7-10-18(23)15-20/h2-4,7-10,13,15-16,19,21,26H,5-6,11-12,14,23H2,1H3,(H,27,28). The first kappa shape index (κ1) is 24.0. The minimum absolute atomic E-state index is 0.0851. The van der Waals surface area contributed by atoms with E-state index in [1.54, 1.807) is 24.3 Å². The quantitative estimate of drug-likeness (QED) is 0.384. The summed E-state index contributed by atoms with van der Waals surface area (Å²) >= 11 is 0. The third-order valence-corrected chi connectivity index (χ3v) is 6.96. The third kappa shape index (κ3) is 5.57. The number of anilines is 1. The fraction of sp³-hybridized carbons (Fsp3) is 0.409. The molecule has 9 nitrogen and oxygen atoms in total. The van der Waals surface area contributed by atoms with Crippen molar-refractivity contribution in [3.05, 3.63) is 60.2 Å². The number of nitrogens with zero attached hydrogens (tertiary/aromatic N) is 2. The highest BCUT2D eigenvalue weighted by atomic mass is 32.2. The second-order valence-corrected chi connectivity index (χ2v) is 9.66. The molecular weight excluding hydrogens is 434 g/mol. The zero-order valence-corrected chi connectivity index (χ0v) is 18.7. The van der Waals surface area contributed by atoms with E-state index >= 15 is 0 Å². The van der Waals surface area contributed by atoms with Crippen LogP contribution in [-0.4, -0.2) is 52.6 Å². The number of hydrogen-bond acceptors (Lipinski definition) is 6. The molecule has 2 unspecified atom stereocenters. The molecule has 4 N–H and O–H groups in total. The number of benzene rings is 2. The van der Waals surface area contributed by atoms with Crippen LogP contribution in [0.1, 0.15) is 38.2 Å². The summed E-state index contributed by atoms with van der Waals surface area (Å²) in [6, 6.07) is 13.4. The fourth-order valence-corrected chi connectivity index (χ4v) is 5.13. The molecule has 0 bridgehead atoms. The van der Waals surface area contributed by atoms with Crippen LogP contribution in [0.3, 0.4) is 0 Å². The van der Waals surface area contributed by atoms with Crippen LogP contribution >= 0.6 is 0 Å². The first-order valence-corrected chi connectivity index (χ1v) is 12.0. The number of sulfonamides is 1. The lowest BCUT2D eigenvalue weighted by atomic mass is 10.0. The van der Waals surface area contributed by atoms with Crippen LogP contribution in [0.4, 0.5) is 10.5 Å². The first-order chi connectivity index (χ1) is 15.2. The Balaban J connectivity index is 2.06. The van der Waals surface area contributed by atoms with Crippen molar-refractivity contribution in [1.82, 2.24) is 9.59 Å². The van der Waals surface area contributed by atoms with E-state index in [9.17, 15) is 23.4 Å². The largest absolute Gasteiger partial charge is 0.464 e. The highest BCUT2D eigenvalue weighted by Crippen LogP contribution is 2.29. The maximum atomic E-state index is 13.6. The number of aliphatic hydroxyl groups excluding tert-OH is 1. The molecule has 174 valence electrons. The van der Waals surface area contributed by atoms with Gasteiger partial charge in [-0.2, -0.15) is 5.01 Å². The summed E-state index contributed by atoms with van der Waals surface area (Å²) in [5.41, 5.74) is 6.73. The summed E-state index contributed by atoms with van der Waals surface area (Å²) in [5, 5.41) is 21.1. The second kappa shape index (κ2) is 10.3. The maximum absolute atomic E-state index is 13.6. The number of rotatable bonds is 9. The minimum atomic E-state index is -4.46. The minimum Gasteiger partial charge on any atom is -0.464 e. The molecule has 3 rings (SSSR count). The van der Waals surface area contributed by atoms with Crippen LogP contribution < -0.4 is 5.73 Å². The monoisotopic (exact) mass is 463 g/mol. The number of nitrogen functional groups attached to an aromatic ring is 1. The van der Waals surface area contributed by atoms with Gasteiger partial charge in [0.1, 0.15) is 0 Å². The van der Waals surface area contributed by atoms with E-state index in [4.69, 9.17) is 10.6 Å². The predicted molar refractivity (Wildman–Crippen MR) is 119 cm³/mol. The van der Waals surface area contributed by atoms with Crippen molar-refractivity contribution in [2.24, 2.45) is 0 Å². The Morgan fingerprint density at radius 3 is 2.38 bits per heavy atom. The van der Waals surface area contributed by atoms with Gasteiger partial charge in [-0.3, -0.25) is 4.84 Å². The van der Waals surface area contributed by atoms with Crippen molar-refractivity contribution < 1.29 is 28.3 Å². The van der Waals surface area contributed by atoms with Crippen LogP contribution in [-0.2, 0) is 21.3 Å². The Labute approximate surface area is 188 Å². The van der Waals surface area contributed by atoms with Crippen molar-refractivity contribution in [3.63, 3.8) is 0 Å². The Hall–Kier alpha value is -2.66. The molecule has 2 aromatic rings. The number of nitrogens with two attached hydrogens (primary N) is 1. The molecule has 2 aromatic carbocycles. The van der Waals surface area contributed by atoms with E-state index in [1.807, 2.05) is 6.07 Å².